The van der Waals surface area contributed by atoms with Crippen LogP contribution in [0.15, 0.2) is 63.7 Å². The van der Waals surface area contributed by atoms with Crippen molar-refractivity contribution in [3.63, 3.8) is 0 Å². The summed E-state index contributed by atoms with van der Waals surface area (Å²) >= 11 is 9.67. The highest BCUT2D eigenvalue weighted by atomic mass is 79.9. The maximum atomic E-state index is 13.4. The van der Waals surface area contributed by atoms with E-state index < -0.39 is 17.3 Å². The number of benzene rings is 2. The van der Waals surface area contributed by atoms with E-state index in [1.165, 1.54) is 0 Å². The molecule has 0 saturated carbocycles. The van der Waals surface area contributed by atoms with Gasteiger partial charge in [-0.25, -0.2) is 9.59 Å². The number of hydrogen-bond acceptors (Lipinski definition) is 6. The third-order valence-corrected chi connectivity index (χ3v) is 7.47. The lowest BCUT2D eigenvalue weighted by atomic mass is 9.99. The molecule has 0 unspecified atom stereocenters. The van der Waals surface area contributed by atoms with Gasteiger partial charge in [-0.3, -0.25) is 0 Å². The van der Waals surface area contributed by atoms with Gasteiger partial charge in [0.05, 0.1) is 6.26 Å². The van der Waals surface area contributed by atoms with Gasteiger partial charge in [-0.05, 0) is 101 Å². The molecule has 1 aliphatic heterocycles. The Hall–Kier alpha value is -3.43. The number of ether oxygens (including phenoxy) is 3. The molecular formula is C34H40BrClN2O6. The lowest BCUT2D eigenvalue weighted by Gasteiger charge is -2.42. The van der Waals surface area contributed by atoms with Crippen LogP contribution in [0.25, 0.3) is 12.2 Å². The summed E-state index contributed by atoms with van der Waals surface area (Å²) < 4.78 is 23.8. The first-order chi connectivity index (χ1) is 20.6. The number of hydrogen-bond donors (Lipinski definition) is 0. The molecule has 1 fully saturated rings. The van der Waals surface area contributed by atoms with Crippen molar-refractivity contribution < 1.29 is 28.2 Å². The molecule has 0 spiro atoms. The SMILES string of the molecule is CC(C)(C)OC(=O)N(Cc1cc(C=Cc2ccco2)cc(OCc2ccc(Cl)cc2Br)c1)CC1CN(C(=O)OC(C)(C)C)C1. The molecule has 0 aliphatic carbocycles. The number of carbonyl (C=O) groups excluding carboxylic acids is 2. The minimum absolute atomic E-state index is 0.0926. The number of halogens is 2. The first-order valence-electron chi connectivity index (χ1n) is 14.5. The van der Waals surface area contributed by atoms with Crippen LogP contribution in [0.1, 0.15) is 64.0 Å². The Kier molecular flexibility index (Phi) is 10.7. The van der Waals surface area contributed by atoms with Gasteiger partial charge in [0.25, 0.3) is 0 Å². The van der Waals surface area contributed by atoms with E-state index in [9.17, 15) is 9.59 Å². The maximum absolute atomic E-state index is 13.4. The maximum Gasteiger partial charge on any atom is 0.410 e. The molecule has 0 bridgehead atoms. The molecule has 3 aromatic rings. The summed E-state index contributed by atoms with van der Waals surface area (Å²) in [5, 5.41) is 0.635. The van der Waals surface area contributed by atoms with E-state index in [1.807, 2.05) is 102 Å². The largest absolute Gasteiger partial charge is 0.489 e. The van der Waals surface area contributed by atoms with Crippen LogP contribution in [0.5, 0.6) is 5.75 Å². The number of nitrogens with zero attached hydrogens (tertiary/aromatic N) is 2. The van der Waals surface area contributed by atoms with Crippen LogP contribution in [0, 0.1) is 5.92 Å². The minimum atomic E-state index is -0.661. The summed E-state index contributed by atoms with van der Waals surface area (Å²) in [5.41, 5.74) is 1.47. The van der Waals surface area contributed by atoms with E-state index in [1.54, 1.807) is 16.1 Å². The van der Waals surface area contributed by atoms with Gasteiger partial charge in [0.1, 0.15) is 29.3 Å². The predicted molar refractivity (Wildman–Crippen MR) is 176 cm³/mol. The van der Waals surface area contributed by atoms with Crippen molar-refractivity contribution in [3.05, 3.63) is 86.7 Å². The summed E-state index contributed by atoms with van der Waals surface area (Å²) in [6.45, 7) is 13.1. The van der Waals surface area contributed by atoms with Gasteiger partial charge in [0.2, 0.25) is 0 Å². The van der Waals surface area contributed by atoms with Gasteiger partial charge in [-0.15, -0.1) is 0 Å². The van der Waals surface area contributed by atoms with Crippen molar-refractivity contribution in [1.29, 1.82) is 0 Å². The van der Waals surface area contributed by atoms with E-state index in [0.717, 1.165) is 26.9 Å². The summed E-state index contributed by atoms with van der Waals surface area (Å²) in [5.74, 6) is 1.46. The molecule has 0 radical (unpaired) electrons. The van der Waals surface area contributed by atoms with Gasteiger partial charge in [-0.1, -0.05) is 39.7 Å². The Morgan fingerprint density at radius 3 is 2.39 bits per heavy atom. The van der Waals surface area contributed by atoms with E-state index in [0.29, 0.717) is 43.6 Å². The monoisotopic (exact) mass is 686 g/mol. The molecule has 236 valence electrons. The van der Waals surface area contributed by atoms with Crippen LogP contribution >= 0.6 is 27.5 Å². The summed E-state index contributed by atoms with van der Waals surface area (Å²) in [4.78, 5) is 29.2. The van der Waals surface area contributed by atoms with Crippen molar-refractivity contribution in [2.45, 2.75) is 65.9 Å². The zero-order chi connectivity index (χ0) is 32.1. The summed E-state index contributed by atoms with van der Waals surface area (Å²) in [6, 6.07) is 15.2. The molecular weight excluding hydrogens is 648 g/mol. The average molecular weight is 688 g/mol. The second kappa shape index (κ2) is 14.1. The zero-order valence-electron chi connectivity index (χ0n) is 26.1. The van der Waals surface area contributed by atoms with E-state index in [-0.39, 0.29) is 12.0 Å². The molecule has 2 aromatic carbocycles. The second-order valence-electron chi connectivity index (χ2n) is 12.9. The quantitative estimate of drug-likeness (QED) is 0.223. The highest BCUT2D eigenvalue weighted by Crippen LogP contribution is 2.27. The Balaban J connectivity index is 1.54. The van der Waals surface area contributed by atoms with Crippen LogP contribution in [-0.2, 0) is 22.6 Å². The fourth-order valence-electron chi connectivity index (χ4n) is 4.54. The third-order valence-electron chi connectivity index (χ3n) is 6.49. The zero-order valence-corrected chi connectivity index (χ0v) is 28.4. The lowest BCUT2D eigenvalue weighted by Crippen LogP contribution is -2.55. The van der Waals surface area contributed by atoms with E-state index >= 15 is 0 Å². The molecule has 2 heterocycles. The fraction of sp³-hybridized carbons (Fsp3) is 0.412. The van der Waals surface area contributed by atoms with Crippen LogP contribution in [0.2, 0.25) is 5.02 Å². The topological polar surface area (TPSA) is 81.5 Å². The molecule has 44 heavy (non-hydrogen) atoms. The molecule has 0 N–H and O–H groups in total. The van der Waals surface area contributed by atoms with Crippen molar-refractivity contribution in [2.24, 2.45) is 5.92 Å². The first-order valence-corrected chi connectivity index (χ1v) is 15.7. The summed E-state index contributed by atoms with van der Waals surface area (Å²) in [6.07, 6.45) is 4.68. The van der Waals surface area contributed by atoms with Gasteiger partial charge < -0.3 is 28.4 Å². The average Bonchev–Trinajstić information content (AvgIpc) is 3.40. The van der Waals surface area contributed by atoms with Crippen molar-refractivity contribution in [1.82, 2.24) is 9.80 Å². The molecule has 8 nitrogen and oxygen atoms in total. The normalized spacial score (nSPS) is 14.0. The molecule has 0 atom stereocenters. The third kappa shape index (κ3) is 10.3. The van der Waals surface area contributed by atoms with Crippen LogP contribution in [0.4, 0.5) is 9.59 Å². The summed E-state index contributed by atoms with van der Waals surface area (Å²) in [7, 11) is 0. The highest BCUT2D eigenvalue weighted by Gasteiger charge is 2.36. The number of furan rings is 1. The lowest BCUT2D eigenvalue weighted by molar-refractivity contribution is -0.0123. The molecule has 1 aromatic heterocycles. The van der Waals surface area contributed by atoms with Crippen LogP contribution in [0.3, 0.4) is 0 Å². The Morgan fingerprint density at radius 2 is 1.75 bits per heavy atom. The van der Waals surface area contributed by atoms with Gasteiger partial charge >= 0.3 is 12.2 Å². The molecule has 10 heteroatoms. The molecule has 1 aliphatic rings. The standard InChI is InChI=1S/C34H40BrClN2O6/c1-33(2,3)43-31(39)37(19-25-20-38(21-25)32(40)44-34(4,5)6)18-24-14-23(9-12-28-8-7-13-41-28)15-29(16-24)42-22-26-10-11-27(36)17-30(26)35/h7-17,25H,18-22H2,1-6H3. The predicted octanol–water partition coefficient (Wildman–Crippen LogP) is 9.05. The highest BCUT2D eigenvalue weighted by molar-refractivity contribution is 9.10. The van der Waals surface area contributed by atoms with Crippen LogP contribution in [-0.4, -0.2) is 52.8 Å². The van der Waals surface area contributed by atoms with Crippen LogP contribution < -0.4 is 4.74 Å². The number of amides is 2. The van der Waals surface area contributed by atoms with Crippen molar-refractivity contribution >= 4 is 51.9 Å². The Morgan fingerprint density at radius 1 is 1.02 bits per heavy atom. The number of rotatable bonds is 9. The van der Waals surface area contributed by atoms with Crippen molar-refractivity contribution in [3.8, 4) is 5.75 Å². The van der Waals surface area contributed by atoms with E-state index in [2.05, 4.69) is 15.9 Å². The smallest absolute Gasteiger partial charge is 0.410 e. The number of likely N-dealkylation sites (tertiary alicyclic amines) is 1. The minimum Gasteiger partial charge on any atom is -0.489 e. The van der Waals surface area contributed by atoms with Gasteiger partial charge in [-0.2, -0.15) is 0 Å². The Bertz CT molecular complexity index is 1470. The van der Waals surface area contributed by atoms with E-state index in [4.69, 9.17) is 30.2 Å². The van der Waals surface area contributed by atoms with Gasteiger partial charge in [0.15, 0.2) is 0 Å². The van der Waals surface area contributed by atoms with Crippen molar-refractivity contribution in [2.75, 3.05) is 19.6 Å². The number of carbonyl (C=O) groups is 2. The second-order valence-corrected chi connectivity index (χ2v) is 14.2. The Labute approximate surface area is 273 Å². The molecule has 2 amide bonds. The fourth-order valence-corrected chi connectivity index (χ4v) is 5.34. The van der Waals surface area contributed by atoms with Gasteiger partial charge in [0, 0.05) is 47.2 Å². The molecule has 4 rings (SSSR count). The first kappa shape index (κ1) is 33.5. The molecule has 1 saturated heterocycles.